The Morgan fingerprint density at radius 1 is 1.33 bits per heavy atom. The first kappa shape index (κ1) is 15.7. The van der Waals surface area contributed by atoms with E-state index in [2.05, 4.69) is 10.4 Å². The number of aromatic nitrogens is 2. The van der Waals surface area contributed by atoms with Crippen LogP contribution >= 0.6 is 0 Å². The fourth-order valence-electron chi connectivity index (χ4n) is 2.75. The van der Waals surface area contributed by atoms with Gasteiger partial charge in [0.2, 0.25) is 11.8 Å². The molecule has 1 aliphatic rings. The average molecular weight is 328 g/mol. The summed E-state index contributed by atoms with van der Waals surface area (Å²) in [7, 11) is 1.68. The van der Waals surface area contributed by atoms with E-state index in [1.54, 1.807) is 18.0 Å². The molecule has 2 aromatic rings. The normalized spacial score (nSPS) is 16.6. The van der Waals surface area contributed by atoms with E-state index in [9.17, 15) is 14.4 Å². The summed E-state index contributed by atoms with van der Waals surface area (Å²) in [6, 6.07) is 8.78. The van der Waals surface area contributed by atoms with Crippen LogP contribution in [-0.4, -0.2) is 39.7 Å². The molecule has 0 saturated carbocycles. The van der Waals surface area contributed by atoms with Crippen molar-refractivity contribution >= 4 is 29.3 Å². The first-order valence-electron chi connectivity index (χ1n) is 7.37. The molecule has 0 bridgehead atoms. The molecule has 2 amide bonds. The highest BCUT2D eigenvalue weighted by molar-refractivity contribution is 6.05. The number of nitrogens with one attached hydrogen (secondary N) is 1. The minimum absolute atomic E-state index is 0.0786. The zero-order valence-electron chi connectivity index (χ0n) is 13.0. The number of carbonyl (C=O) groups excluding carboxylic acids is 2. The number of carboxylic acid groups (broad SMARTS) is 1. The number of anilines is 2. The third-order valence-corrected chi connectivity index (χ3v) is 3.93. The maximum Gasteiger partial charge on any atom is 0.325 e. The summed E-state index contributed by atoms with van der Waals surface area (Å²) in [6.07, 6.45) is 1.55. The Bertz CT molecular complexity index is 814. The van der Waals surface area contributed by atoms with Gasteiger partial charge in [-0.25, -0.2) is 0 Å². The number of hydrogen-bond donors (Lipinski definition) is 2. The summed E-state index contributed by atoms with van der Waals surface area (Å²) in [6.45, 7) is -0.286. The molecule has 0 unspecified atom stereocenters. The van der Waals surface area contributed by atoms with Crippen molar-refractivity contribution in [1.29, 1.82) is 0 Å². The predicted octanol–water partition coefficient (Wildman–Crippen LogP) is 1.06. The van der Waals surface area contributed by atoms with Crippen molar-refractivity contribution in [2.24, 2.45) is 0 Å². The minimum atomic E-state index is -1.02. The number of amides is 2. The maximum absolute atomic E-state index is 12.6. The Balaban J connectivity index is 1.80. The molecule has 0 radical (unpaired) electrons. The van der Waals surface area contributed by atoms with Gasteiger partial charge >= 0.3 is 5.97 Å². The van der Waals surface area contributed by atoms with Crippen LogP contribution in [-0.2, 0) is 20.9 Å². The third kappa shape index (κ3) is 2.98. The lowest BCUT2D eigenvalue weighted by Gasteiger charge is -2.30. The summed E-state index contributed by atoms with van der Waals surface area (Å²) in [5.41, 5.74) is 1.49. The van der Waals surface area contributed by atoms with E-state index in [0.717, 1.165) is 5.56 Å². The highest BCUT2D eigenvalue weighted by Gasteiger charge is 2.33. The highest BCUT2D eigenvalue weighted by Crippen LogP contribution is 2.35. The Morgan fingerprint density at radius 3 is 2.83 bits per heavy atom. The number of nitrogens with zero attached hydrogens (tertiary/aromatic N) is 3. The van der Waals surface area contributed by atoms with Crippen molar-refractivity contribution in [3.05, 3.63) is 42.1 Å². The molecule has 8 heteroatoms. The van der Waals surface area contributed by atoms with Crippen LogP contribution in [0.3, 0.4) is 0 Å². The molecule has 3 rings (SSSR count). The van der Waals surface area contributed by atoms with Crippen LogP contribution < -0.4 is 10.2 Å². The van der Waals surface area contributed by atoms with Crippen LogP contribution in [0.4, 0.5) is 11.5 Å². The van der Waals surface area contributed by atoms with Crippen molar-refractivity contribution in [2.45, 2.75) is 18.9 Å². The summed E-state index contributed by atoms with van der Waals surface area (Å²) in [5, 5.41) is 15.4. The van der Waals surface area contributed by atoms with Crippen molar-refractivity contribution in [2.75, 3.05) is 17.3 Å². The summed E-state index contributed by atoms with van der Waals surface area (Å²) < 4.78 is 1.21. The van der Waals surface area contributed by atoms with Gasteiger partial charge in [-0.3, -0.25) is 19.1 Å². The minimum Gasteiger partial charge on any atom is -0.480 e. The molecule has 1 aromatic carbocycles. The SMILES string of the molecule is CN1C(=O)C[C@@H](C(=O)Nc2ccn(CC(=O)O)n2)c2ccccc21. The first-order valence-corrected chi connectivity index (χ1v) is 7.37. The Hall–Kier alpha value is -3.16. The fourth-order valence-corrected chi connectivity index (χ4v) is 2.75. The standard InChI is InChI=1S/C16H16N4O4/c1-19-12-5-3-2-4-10(12)11(8-14(19)21)16(24)17-13-6-7-20(18-13)9-15(22)23/h2-7,11H,8-9H2,1H3,(H,22,23)(H,17,18,24)/t11-/m1/s1. The van der Waals surface area contributed by atoms with Crippen molar-refractivity contribution < 1.29 is 19.5 Å². The number of benzene rings is 1. The smallest absolute Gasteiger partial charge is 0.325 e. The zero-order valence-corrected chi connectivity index (χ0v) is 13.0. The lowest BCUT2D eigenvalue weighted by molar-refractivity contribution is -0.137. The molecule has 1 aliphatic heterocycles. The molecular weight excluding hydrogens is 312 g/mol. The number of aliphatic carboxylic acids is 1. The number of carboxylic acids is 1. The lowest BCUT2D eigenvalue weighted by atomic mass is 9.89. The van der Waals surface area contributed by atoms with Crippen LogP contribution in [0.15, 0.2) is 36.5 Å². The molecular formula is C16H16N4O4. The van der Waals surface area contributed by atoms with Gasteiger partial charge in [-0.2, -0.15) is 5.10 Å². The molecule has 0 spiro atoms. The highest BCUT2D eigenvalue weighted by atomic mass is 16.4. The molecule has 0 aliphatic carbocycles. The number of carbonyl (C=O) groups is 3. The van der Waals surface area contributed by atoms with Crippen LogP contribution in [0.2, 0.25) is 0 Å². The van der Waals surface area contributed by atoms with Crippen molar-refractivity contribution in [3.8, 4) is 0 Å². The molecule has 24 heavy (non-hydrogen) atoms. The van der Waals surface area contributed by atoms with E-state index in [1.807, 2.05) is 18.2 Å². The summed E-state index contributed by atoms with van der Waals surface area (Å²) in [4.78, 5) is 36.9. The van der Waals surface area contributed by atoms with Crippen molar-refractivity contribution in [1.82, 2.24) is 9.78 Å². The molecule has 1 aromatic heterocycles. The largest absolute Gasteiger partial charge is 0.480 e. The van der Waals surface area contributed by atoms with E-state index >= 15 is 0 Å². The molecule has 2 N–H and O–H groups in total. The van der Waals surface area contributed by atoms with Gasteiger partial charge in [-0.1, -0.05) is 18.2 Å². The van der Waals surface area contributed by atoms with E-state index < -0.39 is 11.9 Å². The fraction of sp³-hybridized carbons (Fsp3) is 0.250. The van der Waals surface area contributed by atoms with E-state index in [0.29, 0.717) is 5.69 Å². The molecule has 124 valence electrons. The van der Waals surface area contributed by atoms with Gasteiger partial charge in [0.25, 0.3) is 0 Å². The van der Waals surface area contributed by atoms with Gasteiger partial charge in [0.05, 0.1) is 5.92 Å². The van der Waals surface area contributed by atoms with E-state index in [-0.39, 0.29) is 30.6 Å². The van der Waals surface area contributed by atoms with E-state index in [4.69, 9.17) is 5.11 Å². The molecule has 0 saturated heterocycles. The second kappa shape index (κ2) is 6.15. The average Bonchev–Trinajstić information content (AvgIpc) is 2.97. The zero-order chi connectivity index (χ0) is 17.3. The van der Waals surface area contributed by atoms with Gasteiger partial charge in [0.1, 0.15) is 6.54 Å². The summed E-state index contributed by atoms with van der Waals surface area (Å²) >= 11 is 0. The number of rotatable bonds is 4. The molecule has 0 fully saturated rings. The summed E-state index contributed by atoms with van der Waals surface area (Å²) in [5.74, 6) is -1.85. The molecule has 2 heterocycles. The maximum atomic E-state index is 12.6. The monoisotopic (exact) mass is 328 g/mol. The Labute approximate surface area is 137 Å². The van der Waals surface area contributed by atoms with Gasteiger partial charge in [0.15, 0.2) is 5.82 Å². The van der Waals surface area contributed by atoms with Crippen LogP contribution in [0.25, 0.3) is 0 Å². The first-order chi connectivity index (χ1) is 11.5. The molecule has 1 atom stereocenters. The van der Waals surface area contributed by atoms with Crippen LogP contribution in [0.5, 0.6) is 0 Å². The number of fused-ring (bicyclic) bond motifs is 1. The predicted molar refractivity (Wildman–Crippen MR) is 85.7 cm³/mol. The number of hydrogen-bond acceptors (Lipinski definition) is 4. The Morgan fingerprint density at radius 2 is 2.08 bits per heavy atom. The van der Waals surface area contributed by atoms with Crippen molar-refractivity contribution in [3.63, 3.8) is 0 Å². The van der Waals surface area contributed by atoms with Gasteiger partial charge < -0.3 is 15.3 Å². The second-order valence-electron chi connectivity index (χ2n) is 5.55. The van der Waals surface area contributed by atoms with Gasteiger partial charge in [-0.05, 0) is 11.6 Å². The lowest BCUT2D eigenvalue weighted by Crippen LogP contribution is -2.37. The molecule has 8 nitrogen and oxygen atoms in total. The third-order valence-electron chi connectivity index (χ3n) is 3.93. The van der Waals surface area contributed by atoms with Crippen LogP contribution in [0, 0.1) is 0 Å². The second-order valence-corrected chi connectivity index (χ2v) is 5.55. The quantitative estimate of drug-likeness (QED) is 0.873. The van der Waals surface area contributed by atoms with E-state index in [1.165, 1.54) is 16.9 Å². The number of para-hydroxylation sites is 1. The van der Waals surface area contributed by atoms with Gasteiger partial charge in [0, 0.05) is 31.4 Å². The van der Waals surface area contributed by atoms with Crippen LogP contribution in [0.1, 0.15) is 17.9 Å². The Kier molecular flexibility index (Phi) is 4.03. The topological polar surface area (TPSA) is 105 Å². The van der Waals surface area contributed by atoms with Gasteiger partial charge in [-0.15, -0.1) is 0 Å².